The van der Waals surface area contributed by atoms with Crippen LogP contribution in [0.5, 0.6) is 0 Å². The van der Waals surface area contributed by atoms with Crippen LogP contribution in [0.3, 0.4) is 0 Å². The van der Waals surface area contributed by atoms with Crippen molar-refractivity contribution in [1.29, 1.82) is 0 Å². The molecule has 0 aromatic carbocycles. The number of anilines is 1. The molecule has 6 nitrogen and oxygen atoms in total. The Morgan fingerprint density at radius 2 is 2.10 bits per heavy atom. The van der Waals surface area contributed by atoms with E-state index >= 15 is 0 Å². The first-order valence-electron chi connectivity index (χ1n) is 6.64. The average Bonchev–Trinajstić information content (AvgIpc) is 2.43. The highest BCUT2D eigenvalue weighted by Gasteiger charge is 2.23. The van der Waals surface area contributed by atoms with Crippen LogP contribution in [-0.2, 0) is 14.8 Å². The molecule has 0 saturated carbocycles. The Morgan fingerprint density at radius 3 is 2.65 bits per heavy atom. The third-order valence-electron chi connectivity index (χ3n) is 2.91. The minimum Gasteiger partial charge on any atom is -0.380 e. The predicted octanol–water partition coefficient (Wildman–Crippen LogP) is 1.46. The molecule has 2 N–H and O–H groups in total. The first-order valence-corrected chi connectivity index (χ1v) is 8.13. The highest BCUT2D eigenvalue weighted by molar-refractivity contribution is 7.89. The van der Waals surface area contributed by atoms with Gasteiger partial charge in [-0.25, -0.2) is 18.1 Å². The molecule has 0 aliphatic heterocycles. The second-order valence-electron chi connectivity index (χ2n) is 4.76. The zero-order valence-corrected chi connectivity index (χ0v) is 13.2. The van der Waals surface area contributed by atoms with E-state index < -0.39 is 10.0 Å². The third-order valence-corrected chi connectivity index (χ3v) is 4.40. The molecule has 1 rings (SSSR count). The molecule has 7 heteroatoms. The van der Waals surface area contributed by atoms with E-state index in [2.05, 4.69) is 15.0 Å². The molecule has 0 fully saturated rings. The third kappa shape index (κ3) is 4.73. The van der Waals surface area contributed by atoms with Crippen LogP contribution in [-0.4, -0.2) is 39.7 Å². The van der Waals surface area contributed by atoms with Crippen LogP contribution >= 0.6 is 0 Å². The summed E-state index contributed by atoms with van der Waals surface area (Å²) in [5.74, 6) is 0.653. The fourth-order valence-corrected chi connectivity index (χ4v) is 2.97. The lowest BCUT2D eigenvalue weighted by molar-refractivity contribution is 0.116. The second kappa shape index (κ2) is 7.56. The van der Waals surface area contributed by atoms with Gasteiger partial charge in [0, 0.05) is 32.0 Å². The largest absolute Gasteiger partial charge is 0.380 e. The van der Waals surface area contributed by atoms with E-state index in [0.29, 0.717) is 19.0 Å². The lowest BCUT2D eigenvalue weighted by Crippen LogP contribution is -2.41. The number of pyridine rings is 1. The van der Waals surface area contributed by atoms with Crippen molar-refractivity contribution in [1.82, 2.24) is 9.71 Å². The van der Waals surface area contributed by atoms with Crippen LogP contribution in [0.1, 0.15) is 20.8 Å². The van der Waals surface area contributed by atoms with E-state index in [4.69, 9.17) is 4.74 Å². The molecule has 0 aliphatic rings. The molecule has 1 aromatic rings. The zero-order valence-electron chi connectivity index (χ0n) is 12.4. The SMILES string of the molecule is CCOCC(NS(=O)(=O)c1ccnc(NC)c1)C(C)C. The molecule has 0 aliphatic carbocycles. The van der Waals surface area contributed by atoms with E-state index in [1.165, 1.54) is 18.3 Å². The topological polar surface area (TPSA) is 80.3 Å². The van der Waals surface area contributed by atoms with Gasteiger partial charge < -0.3 is 10.1 Å². The first-order chi connectivity index (χ1) is 9.40. The Kier molecular flexibility index (Phi) is 6.38. The van der Waals surface area contributed by atoms with Crippen molar-refractivity contribution in [2.45, 2.75) is 31.7 Å². The molecule has 1 atom stereocenters. The monoisotopic (exact) mass is 301 g/mol. The van der Waals surface area contributed by atoms with Gasteiger partial charge in [-0.2, -0.15) is 0 Å². The van der Waals surface area contributed by atoms with E-state index in [1.807, 2.05) is 20.8 Å². The Bertz CT molecular complexity index is 517. The highest BCUT2D eigenvalue weighted by atomic mass is 32.2. The number of ether oxygens (including phenoxy) is 1. The molecule has 0 bridgehead atoms. The van der Waals surface area contributed by atoms with Gasteiger partial charge in [0.25, 0.3) is 0 Å². The minimum atomic E-state index is -3.58. The Hall–Kier alpha value is -1.18. The number of rotatable bonds is 8. The molecule has 0 saturated heterocycles. The van der Waals surface area contributed by atoms with Gasteiger partial charge in [-0.05, 0) is 18.9 Å². The van der Waals surface area contributed by atoms with E-state index in [9.17, 15) is 8.42 Å². The zero-order chi connectivity index (χ0) is 15.2. The van der Waals surface area contributed by atoms with Gasteiger partial charge in [0.15, 0.2) is 0 Å². The summed E-state index contributed by atoms with van der Waals surface area (Å²) < 4.78 is 32.7. The van der Waals surface area contributed by atoms with Crippen molar-refractivity contribution < 1.29 is 13.2 Å². The standard InChI is InChI=1S/C13H23N3O3S/c1-5-19-9-12(10(2)3)16-20(17,18)11-6-7-15-13(8-11)14-4/h6-8,10,12,16H,5,9H2,1-4H3,(H,14,15). The van der Waals surface area contributed by atoms with Crippen molar-refractivity contribution in [3.05, 3.63) is 18.3 Å². The fraction of sp³-hybridized carbons (Fsp3) is 0.615. The number of sulfonamides is 1. The van der Waals surface area contributed by atoms with Gasteiger partial charge >= 0.3 is 0 Å². The average molecular weight is 301 g/mol. The number of nitrogens with zero attached hydrogens (tertiary/aromatic N) is 1. The lowest BCUT2D eigenvalue weighted by atomic mass is 10.1. The van der Waals surface area contributed by atoms with E-state index in [0.717, 1.165) is 0 Å². The maximum atomic E-state index is 12.4. The van der Waals surface area contributed by atoms with Gasteiger partial charge in [0.05, 0.1) is 11.5 Å². The molecule has 0 amide bonds. The van der Waals surface area contributed by atoms with Gasteiger partial charge in [-0.1, -0.05) is 13.8 Å². The molecule has 1 unspecified atom stereocenters. The minimum absolute atomic E-state index is 0.141. The normalized spacial score (nSPS) is 13.4. The molecule has 1 heterocycles. The smallest absolute Gasteiger partial charge is 0.241 e. The van der Waals surface area contributed by atoms with Crippen LogP contribution < -0.4 is 10.0 Å². The van der Waals surface area contributed by atoms with Crippen molar-refractivity contribution in [3.63, 3.8) is 0 Å². The Labute approximate surface area is 121 Å². The van der Waals surface area contributed by atoms with Crippen LogP contribution in [0.4, 0.5) is 5.82 Å². The number of hydrogen-bond donors (Lipinski definition) is 2. The summed E-state index contributed by atoms with van der Waals surface area (Å²) >= 11 is 0. The van der Waals surface area contributed by atoms with Crippen LogP contribution in [0, 0.1) is 5.92 Å². The number of nitrogens with one attached hydrogen (secondary N) is 2. The number of aromatic nitrogens is 1. The molecule has 0 spiro atoms. The van der Waals surface area contributed by atoms with Gasteiger partial charge in [-0.15, -0.1) is 0 Å². The summed E-state index contributed by atoms with van der Waals surface area (Å²) in [6, 6.07) is 2.72. The maximum absolute atomic E-state index is 12.4. The summed E-state index contributed by atoms with van der Waals surface area (Å²) in [6.45, 7) is 6.71. The molecule has 20 heavy (non-hydrogen) atoms. The van der Waals surface area contributed by atoms with Crippen molar-refractivity contribution >= 4 is 15.8 Å². The summed E-state index contributed by atoms with van der Waals surface area (Å²) in [4.78, 5) is 4.20. The van der Waals surface area contributed by atoms with Crippen molar-refractivity contribution in [2.24, 2.45) is 5.92 Å². The summed E-state index contributed by atoms with van der Waals surface area (Å²) in [6.07, 6.45) is 1.47. The highest BCUT2D eigenvalue weighted by Crippen LogP contribution is 2.14. The summed E-state index contributed by atoms with van der Waals surface area (Å²) in [7, 11) is -1.88. The quantitative estimate of drug-likeness (QED) is 0.760. The van der Waals surface area contributed by atoms with Crippen LogP contribution in [0.2, 0.25) is 0 Å². The molecule has 0 radical (unpaired) electrons. The molecule has 1 aromatic heterocycles. The summed E-state index contributed by atoms with van der Waals surface area (Å²) in [5, 5.41) is 2.82. The predicted molar refractivity (Wildman–Crippen MR) is 79.2 cm³/mol. The first kappa shape index (κ1) is 16.9. The van der Waals surface area contributed by atoms with Crippen molar-refractivity contribution in [2.75, 3.05) is 25.6 Å². The molecular formula is C13H23N3O3S. The van der Waals surface area contributed by atoms with Gasteiger partial charge in [0.2, 0.25) is 10.0 Å². The van der Waals surface area contributed by atoms with E-state index in [-0.39, 0.29) is 16.9 Å². The maximum Gasteiger partial charge on any atom is 0.241 e. The van der Waals surface area contributed by atoms with Crippen LogP contribution in [0.15, 0.2) is 23.2 Å². The Morgan fingerprint density at radius 1 is 1.40 bits per heavy atom. The fourth-order valence-electron chi connectivity index (χ4n) is 1.59. The number of hydrogen-bond acceptors (Lipinski definition) is 5. The lowest BCUT2D eigenvalue weighted by Gasteiger charge is -2.22. The molecular weight excluding hydrogens is 278 g/mol. The van der Waals surface area contributed by atoms with Crippen molar-refractivity contribution in [3.8, 4) is 0 Å². The Balaban J connectivity index is 2.91. The van der Waals surface area contributed by atoms with E-state index in [1.54, 1.807) is 7.05 Å². The van der Waals surface area contributed by atoms with Gasteiger partial charge in [0.1, 0.15) is 5.82 Å². The second-order valence-corrected chi connectivity index (χ2v) is 6.47. The van der Waals surface area contributed by atoms with Crippen LogP contribution in [0.25, 0.3) is 0 Å². The van der Waals surface area contributed by atoms with Gasteiger partial charge in [-0.3, -0.25) is 0 Å². The molecule has 114 valence electrons. The summed E-state index contributed by atoms with van der Waals surface area (Å²) in [5.41, 5.74) is 0.